The number of aromatic nitrogens is 2. The maximum absolute atomic E-state index is 13.3. The summed E-state index contributed by atoms with van der Waals surface area (Å²) in [6.45, 7) is 2.25. The van der Waals surface area contributed by atoms with E-state index in [0.29, 0.717) is 29.3 Å². The molecular formula is C21H22FN3O3. The molecule has 146 valence electrons. The molecule has 6 nitrogen and oxygen atoms in total. The molecule has 3 aromatic rings. The zero-order valence-corrected chi connectivity index (χ0v) is 16.0. The van der Waals surface area contributed by atoms with Gasteiger partial charge in [0.15, 0.2) is 0 Å². The molecule has 3 rings (SSSR count). The maximum Gasteiger partial charge on any atom is 0.255 e. The molecule has 7 heteroatoms. The highest BCUT2D eigenvalue weighted by Crippen LogP contribution is 2.27. The van der Waals surface area contributed by atoms with Crippen LogP contribution in [0.25, 0.3) is 16.9 Å². The number of carbonyl (C=O) groups is 1. The molecule has 1 aromatic heterocycles. The summed E-state index contributed by atoms with van der Waals surface area (Å²) in [5.41, 5.74) is 2.30. The average molecular weight is 383 g/mol. The molecule has 1 atom stereocenters. The number of rotatable bonds is 7. The van der Waals surface area contributed by atoms with E-state index in [0.717, 1.165) is 5.56 Å². The number of amides is 1. The van der Waals surface area contributed by atoms with E-state index in [2.05, 4.69) is 10.4 Å². The van der Waals surface area contributed by atoms with E-state index in [-0.39, 0.29) is 17.8 Å². The number of hydrogen-bond acceptors (Lipinski definition) is 4. The Kier molecular flexibility index (Phi) is 6.06. The fourth-order valence-electron chi connectivity index (χ4n) is 2.84. The van der Waals surface area contributed by atoms with E-state index in [1.54, 1.807) is 37.2 Å². The van der Waals surface area contributed by atoms with Crippen molar-refractivity contribution in [1.29, 1.82) is 0 Å². The van der Waals surface area contributed by atoms with Crippen LogP contribution >= 0.6 is 0 Å². The van der Waals surface area contributed by atoms with Gasteiger partial charge in [0.2, 0.25) is 0 Å². The highest BCUT2D eigenvalue weighted by atomic mass is 19.1. The highest BCUT2D eigenvalue weighted by molar-refractivity contribution is 6.00. The summed E-state index contributed by atoms with van der Waals surface area (Å²) in [5.74, 6) is 0.0546. The SMILES string of the molecule is COC[C@@H](C)NC(=O)c1cn(-c2ccc(F)cc2)nc1-c1cccc(OC)c1. The van der Waals surface area contributed by atoms with Gasteiger partial charge in [-0.2, -0.15) is 5.10 Å². The minimum absolute atomic E-state index is 0.162. The van der Waals surface area contributed by atoms with Crippen LogP contribution < -0.4 is 10.1 Å². The predicted octanol–water partition coefficient (Wildman–Crippen LogP) is 3.45. The summed E-state index contributed by atoms with van der Waals surface area (Å²) in [5, 5.41) is 7.48. The van der Waals surface area contributed by atoms with Gasteiger partial charge in [-0.15, -0.1) is 0 Å². The van der Waals surface area contributed by atoms with Gasteiger partial charge in [-0.05, 0) is 43.3 Å². The van der Waals surface area contributed by atoms with Crippen molar-refractivity contribution in [1.82, 2.24) is 15.1 Å². The normalized spacial score (nSPS) is 11.9. The van der Waals surface area contributed by atoms with Gasteiger partial charge in [-0.3, -0.25) is 4.79 Å². The minimum atomic E-state index is -0.338. The van der Waals surface area contributed by atoms with Crippen molar-refractivity contribution < 1.29 is 18.7 Å². The molecule has 0 aliphatic carbocycles. The van der Waals surface area contributed by atoms with Crippen molar-refractivity contribution >= 4 is 5.91 Å². The monoisotopic (exact) mass is 383 g/mol. The Morgan fingerprint density at radius 1 is 1.21 bits per heavy atom. The number of halogens is 1. The third kappa shape index (κ3) is 4.37. The molecule has 0 unspecified atom stereocenters. The van der Waals surface area contributed by atoms with Gasteiger partial charge in [0.1, 0.15) is 17.3 Å². The minimum Gasteiger partial charge on any atom is -0.497 e. The molecule has 0 spiro atoms. The number of methoxy groups -OCH3 is 2. The van der Waals surface area contributed by atoms with Crippen LogP contribution in [0.5, 0.6) is 5.75 Å². The van der Waals surface area contributed by atoms with Crippen molar-refractivity contribution in [2.24, 2.45) is 0 Å². The van der Waals surface area contributed by atoms with Crippen molar-refractivity contribution in [2.45, 2.75) is 13.0 Å². The summed E-state index contributed by atoms with van der Waals surface area (Å²) < 4.78 is 25.2. The lowest BCUT2D eigenvalue weighted by Gasteiger charge is -2.12. The molecule has 0 bridgehead atoms. The molecule has 0 saturated carbocycles. The van der Waals surface area contributed by atoms with Gasteiger partial charge in [0.05, 0.1) is 25.0 Å². The predicted molar refractivity (Wildman–Crippen MR) is 104 cm³/mol. The van der Waals surface area contributed by atoms with E-state index in [9.17, 15) is 9.18 Å². The first kappa shape index (κ1) is 19.6. The van der Waals surface area contributed by atoms with Crippen LogP contribution in [0, 0.1) is 5.82 Å². The Labute approximate surface area is 162 Å². The van der Waals surface area contributed by atoms with Crippen LogP contribution in [-0.2, 0) is 4.74 Å². The average Bonchev–Trinajstić information content (AvgIpc) is 3.14. The first-order valence-electron chi connectivity index (χ1n) is 8.81. The van der Waals surface area contributed by atoms with Crippen molar-refractivity contribution in [3.63, 3.8) is 0 Å². The Morgan fingerprint density at radius 3 is 2.64 bits per heavy atom. The van der Waals surface area contributed by atoms with Crippen LogP contribution in [0.3, 0.4) is 0 Å². The first-order valence-corrected chi connectivity index (χ1v) is 8.81. The quantitative estimate of drug-likeness (QED) is 0.679. The fraction of sp³-hybridized carbons (Fsp3) is 0.238. The lowest BCUT2D eigenvalue weighted by molar-refractivity contribution is 0.0906. The lowest BCUT2D eigenvalue weighted by atomic mass is 10.1. The van der Waals surface area contributed by atoms with Crippen molar-refractivity contribution in [3.05, 3.63) is 66.1 Å². The summed E-state index contributed by atoms with van der Waals surface area (Å²) >= 11 is 0. The number of benzene rings is 2. The van der Waals surface area contributed by atoms with Gasteiger partial charge in [0, 0.05) is 24.9 Å². The van der Waals surface area contributed by atoms with Gasteiger partial charge in [-0.1, -0.05) is 12.1 Å². The molecule has 28 heavy (non-hydrogen) atoms. The molecule has 0 aliphatic heterocycles. The summed E-state index contributed by atoms with van der Waals surface area (Å²) in [6, 6.07) is 13.1. The summed E-state index contributed by atoms with van der Waals surface area (Å²) in [6.07, 6.45) is 1.64. The lowest BCUT2D eigenvalue weighted by Crippen LogP contribution is -2.35. The summed E-state index contributed by atoms with van der Waals surface area (Å²) in [7, 11) is 3.16. The molecule has 2 aromatic carbocycles. The van der Waals surface area contributed by atoms with Gasteiger partial charge in [-0.25, -0.2) is 9.07 Å². The zero-order chi connectivity index (χ0) is 20.1. The van der Waals surface area contributed by atoms with Crippen LogP contribution in [-0.4, -0.2) is 42.6 Å². The zero-order valence-electron chi connectivity index (χ0n) is 16.0. The molecule has 1 amide bonds. The van der Waals surface area contributed by atoms with Gasteiger partial charge < -0.3 is 14.8 Å². The van der Waals surface area contributed by atoms with E-state index in [4.69, 9.17) is 9.47 Å². The Hall–Kier alpha value is -3.19. The molecule has 0 aliphatic rings. The third-order valence-corrected chi connectivity index (χ3v) is 4.19. The van der Waals surface area contributed by atoms with E-state index in [1.807, 2.05) is 31.2 Å². The van der Waals surface area contributed by atoms with E-state index in [1.165, 1.54) is 12.1 Å². The smallest absolute Gasteiger partial charge is 0.255 e. The third-order valence-electron chi connectivity index (χ3n) is 4.19. The molecule has 1 N–H and O–H groups in total. The van der Waals surface area contributed by atoms with Gasteiger partial charge >= 0.3 is 0 Å². The Bertz CT molecular complexity index is 954. The van der Waals surface area contributed by atoms with Gasteiger partial charge in [0.25, 0.3) is 5.91 Å². The standard InChI is InChI=1S/C21H22FN3O3/c1-14(13-27-2)23-21(26)19-12-25(17-9-7-16(22)8-10-17)24-20(19)15-5-4-6-18(11-15)28-3/h4-12,14H,13H2,1-3H3,(H,23,26)/t14-/m1/s1. The summed E-state index contributed by atoms with van der Waals surface area (Å²) in [4.78, 5) is 12.9. The number of nitrogens with one attached hydrogen (secondary N) is 1. The topological polar surface area (TPSA) is 65.4 Å². The van der Waals surface area contributed by atoms with Crippen LogP contribution in [0.15, 0.2) is 54.7 Å². The second-order valence-electron chi connectivity index (χ2n) is 6.37. The fourth-order valence-corrected chi connectivity index (χ4v) is 2.84. The number of ether oxygens (including phenoxy) is 2. The molecule has 1 heterocycles. The molecule has 0 radical (unpaired) electrons. The number of nitrogens with zero attached hydrogens (tertiary/aromatic N) is 2. The molecular weight excluding hydrogens is 361 g/mol. The van der Waals surface area contributed by atoms with Crippen LogP contribution in [0.4, 0.5) is 4.39 Å². The molecule has 0 fully saturated rings. The first-order chi connectivity index (χ1) is 13.5. The largest absolute Gasteiger partial charge is 0.497 e. The Balaban J connectivity index is 2.04. The van der Waals surface area contributed by atoms with Crippen LogP contribution in [0.2, 0.25) is 0 Å². The second-order valence-corrected chi connectivity index (χ2v) is 6.37. The number of hydrogen-bond donors (Lipinski definition) is 1. The van der Waals surface area contributed by atoms with E-state index < -0.39 is 0 Å². The van der Waals surface area contributed by atoms with Crippen molar-refractivity contribution in [2.75, 3.05) is 20.8 Å². The van der Waals surface area contributed by atoms with Crippen molar-refractivity contribution in [3.8, 4) is 22.7 Å². The van der Waals surface area contributed by atoms with Crippen LogP contribution in [0.1, 0.15) is 17.3 Å². The maximum atomic E-state index is 13.3. The Morgan fingerprint density at radius 2 is 1.96 bits per heavy atom. The molecule has 0 saturated heterocycles. The number of carbonyl (C=O) groups excluding carboxylic acids is 1. The highest BCUT2D eigenvalue weighted by Gasteiger charge is 2.20. The second kappa shape index (κ2) is 8.67. The van der Waals surface area contributed by atoms with E-state index >= 15 is 0 Å².